The van der Waals surface area contributed by atoms with Gasteiger partial charge in [0.25, 0.3) is 0 Å². The predicted octanol–water partition coefficient (Wildman–Crippen LogP) is 5.51. The van der Waals surface area contributed by atoms with Gasteiger partial charge >= 0.3 is 12.2 Å². The summed E-state index contributed by atoms with van der Waals surface area (Å²) < 4.78 is 48.6. The number of carbonyl (C=O) groups is 1. The molecule has 1 atom stereocenters. The van der Waals surface area contributed by atoms with Crippen molar-refractivity contribution in [1.82, 2.24) is 24.7 Å². The van der Waals surface area contributed by atoms with E-state index >= 15 is 0 Å². The van der Waals surface area contributed by atoms with E-state index in [1.807, 2.05) is 30.0 Å². The molecule has 13 heteroatoms. The third-order valence-corrected chi connectivity index (χ3v) is 8.57. The van der Waals surface area contributed by atoms with Crippen molar-refractivity contribution in [1.29, 1.82) is 5.26 Å². The number of nitriles is 1. The zero-order chi connectivity index (χ0) is 32.4. The number of β-amino-alcohol motifs (C(OH)–C–C–N with tert-alkyl or cyclic N) is 1. The van der Waals surface area contributed by atoms with Gasteiger partial charge in [-0.15, -0.1) is 0 Å². The van der Waals surface area contributed by atoms with E-state index in [9.17, 15) is 23.2 Å². The van der Waals surface area contributed by atoms with Crippen LogP contribution in [0, 0.1) is 11.3 Å². The van der Waals surface area contributed by atoms with Crippen LogP contribution in [-0.2, 0) is 19.3 Å². The molecule has 240 valence electrons. The number of anilines is 1. The number of fused-ring (bicyclic) bond motifs is 2. The van der Waals surface area contributed by atoms with Crippen LogP contribution < -0.4 is 10.1 Å². The number of urea groups is 1. The van der Waals surface area contributed by atoms with Crippen LogP contribution in [0.25, 0.3) is 11.0 Å². The third kappa shape index (κ3) is 6.79. The van der Waals surface area contributed by atoms with Crippen LogP contribution in [0.15, 0.2) is 54.7 Å². The quantitative estimate of drug-likeness (QED) is 0.246. The van der Waals surface area contributed by atoms with Crippen molar-refractivity contribution in [3.8, 4) is 17.6 Å². The number of aliphatic hydroxyl groups is 1. The lowest BCUT2D eigenvalue weighted by Gasteiger charge is -2.35. The van der Waals surface area contributed by atoms with Gasteiger partial charge in [0.2, 0.25) is 0 Å². The molecular formula is C33H34F3N7O3. The van der Waals surface area contributed by atoms with Crippen molar-refractivity contribution in [2.45, 2.75) is 32.1 Å². The predicted molar refractivity (Wildman–Crippen MR) is 165 cm³/mol. The molecule has 10 nitrogen and oxygen atoms in total. The molecule has 0 unspecified atom stereocenters. The van der Waals surface area contributed by atoms with E-state index in [4.69, 9.17) is 9.84 Å². The Morgan fingerprint density at radius 3 is 2.65 bits per heavy atom. The van der Waals surface area contributed by atoms with Gasteiger partial charge in [0.15, 0.2) is 0 Å². The lowest BCUT2D eigenvalue weighted by molar-refractivity contribution is -0.138. The molecule has 1 saturated heterocycles. The highest BCUT2D eigenvalue weighted by Crippen LogP contribution is 2.37. The normalized spacial score (nSPS) is 17.5. The molecule has 3 N–H and O–H groups in total. The first-order chi connectivity index (χ1) is 22.1. The second-order valence-corrected chi connectivity index (χ2v) is 11.8. The molecule has 0 spiro atoms. The van der Waals surface area contributed by atoms with Crippen LogP contribution in [0.4, 0.5) is 23.7 Å². The Labute approximate surface area is 264 Å². The van der Waals surface area contributed by atoms with Gasteiger partial charge in [-0.2, -0.15) is 18.4 Å². The Morgan fingerprint density at radius 1 is 1.13 bits per heavy atom. The van der Waals surface area contributed by atoms with Gasteiger partial charge in [-0.25, -0.2) is 9.78 Å². The number of hydrogen-bond donors (Lipinski definition) is 3. The molecule has 2 aromatic carbocycles. The summed E-state index contributed by atoms with van der Waals surface area (Å²) in [6.45, 7) is 6.00. The van der Waals surface area contributed by atoms with Gasteiger partial charge < -0.3 is 25.0 Å². The number of aliphatic hydroxyl groups excluding tert-OH is 1. The molecule has 46 heavy (non-hydrogen) atoms. The molecule has 4 heterocycles. The van der Waals surface area contributed by atoms with Gasteiger partial charge in [-0.1, -0.05) is 19.1 Å². The maximum Gasteiger partial charge on any atom is 0.416 e. The average molecular weight is 634 g/mol. The Bertz CT molecular complexity index is 1780. The lowest BCUT2D eigenvalue weighted by atomic mass is 9.91. The smallest absolute Gasteiger partial charge is 0.416 e. The summed E-state index contributed by atoms with van der Waals surface area (Å²) in [4.78, 5) is 26.2. The minimum absolute atomic E-state index is 0.00926. The Kier molecular flexibility index (Phi) is 8.86. The average Bonchev–Trinajstić information content (AvgIpc) is 3.47. The Hall–Kier alpha value is -4.64. The summed E-state index contributed by atoms with van der Waals surface area (Å²) in [6, 6.07) is 14.6. The maximum atomic E-state index is 14.1. The van der Waals surface area contributed by atoms with Crippen molar-refractivity contribution in [3.05, 3.63) is 82.7 Å². The molecule has 1 fully saturated rings. The highest BCUT2D eigenvalue weighted by atomic mass is 19.4. The molecule has 2 aromatic heterocycles. The summed E-state index contributed by atoms with van der Waals surface area (Å²) in [7, 11) is 0. The fraction of sp³-hybridized carbons (Fsp3) is 0.364. The zero-order valence-electron chi connectivity index (χ0n) is 25.3. The fourth-order valence-electron chi connectivity index (χ4n) is 6.21. The Morgan fingerprint density at radius 2 is 1.91 bits per heavy atom. The van der Waals surface area contributed by atoms with Crippen LogP contribution in [0.1, 0.15) is 40.8 Å². The molecule has 2 amide bonds. The largest absolute Gasteiger partial charge is 0.457 e. The number of ether oxygens (including phenoxy) is 1. The minimum atomic E-state index is -4.58. The summed E-state index contributed by atoms with van der Waals surface area (Å²) in [6.07, 6.45) is -3.00. The SMILES string of the molecule is C[C@@H]1CN(C(=O)Nc2ccc(CN3CCN(CCO)CC3)c(C(F)(F)F)c2)Cc2cc(Oc3ccnc4[nH]c(C#N)cc34)ccc21. The Balaban J connectivity index is 1.15. The summed E-state index contributed by atoms with van der Waals surface area (Å²) >= 11 is 0. The summed E-state index contributed by atoms with van der Waals surface area (Å²) in [5.74, 6) is 1.06. The number of halogens is 3. The van der Waals surface area contributed by atoms with Crippen LogP contribution in [0.3, 0.4) is 0 Å². The van der Waals surface area contributed by atoms with Crippen LogP contribution in [0.5, 0.6) is 11.5 Å². The number of H-pyrrole nitrogens is 1. The van der Waals surface area contributed by atoms with Crippen molar-refractivity contribution >= 4 is 22.8 Å². The first-order valence-corrected chi connectivity index (χ1v) is 15.1. The molecule has 2 aliphatic heterocycles. The van der Waals surface area contributed by atoms with E-state index in [-0.39, 0.29) is 36.9 Å². The van der Waals surface area contributed by atoms with E-state index in [1.54, 1.807) is 23.2 Å². The highest BCUT2D eigenvalue weighted by Gasteiger charge is 2.35. The lowest BCUT2D eigenvalue weighted by Crippen LogP contribution is -2.46. The number of aromatic nitrogens is 2. The van der Waals surface area contributed by atoms with E-state index in [0.717, 1.165) is 17.2 Å². The molecule has 4 aromatic rings. The number of carbonyl (C=O) groups excluding carboxylic acids is 1. The highest BCUT2D eigenvalue weighted by molar-refractivity contribution is 5.90. The third-order valence-electron chi connectivity index (χ3n) is 8.57. The van der Waals surface area contributed by atoms with Crippen molar-refractivity contribution in [3.63, 3.8) is 0 Å². The van der Waals surface area contributed by atoms with E-state index in [1.165, 1.54) is 12.1 Å². The van der Waals surface area contributed by atoms with Gasteiger partial charge in [-0.3, -0.25) is 9.80 Å². The first kappa shape index (κ1) is 31.3. The first-order valence-electron chi connectivity index (χ1n) is 15.1. The monoisotopic (exact) mass is 633 g/mol. The molecule has 0 bridgehead atoms. The number of piperazine rings is 1. The standard InChI is InChI=1S/C33H34F3N7O3/c1-21-18-43(20-23-14-26(4-5-27(21)23)46-30-6-7-38-31-28(30)15-25(17-37)39-31)32(45)40-24-3-2-22(29(16-24)33(34,35)36)19-42-10-8-41(9-11-42)12-13-44/h2-7,14-16,21,44H,8-13,18-20H2,1H3,(H,38,39)(H,40,45)/t21-/m1/s1. The minimum Gasteiger partial charge on any atom is -0.457 e. The number of nitrogens with one attached hydrogen (secondary N) is 2. The number of amides is 2. The molecule has 0 aliphatic carbocycles. The number of pyridine rings is 1. The second kappa shape index (κ2) is 13.0. The zero-order valence-corrected chi connectivity index (χ0v) is 25.3. The van der Waals surface area contributed by atoms with E-state index in [2.05, 4.69) is 26.3 Å². The second-order valence-electron chi connectivity index (χ2n) is 11.8. The molecule has 2 aliphatic rings. The van der Waals surface area contributed by atoms with Gasteiger partial charge in [0.1, 0.15) is 28.9 Å². The maximum absolute atomic E-state index is 14.1. The van der Waals surface area contributed by atoms with Crippen molar-refractivity contribution < 1.29 is 27.8 Å². The van der Waals surface area contributed by atoms with E-state index < -0.39 is 17.8 Å². The molecule has 0 saturated carbocycles. The van der Waals surface area contributed by atoms with Gasteiger partial charge in [0, 0.05) is 64.2 Å². The topological polar surface area (TPSA) is 121 Å². The number of nitrogens with zero attached hydrogens (tertiary/aromatic N) is 5. The molecule has 6 rings (SSSR count). The van der Waals surface area contributed by atoms with Gasteiger partial charge in [0.05, 0.1) is 17.6 Å². The van der Waals surface area contributed by atoms with Crippen LogP contribution >= 0.6 is 0 Å². The van der Waals surface area contributed by atoms with Gasteiger partial charge in [-0.05, 0) is 59.0 Å². The van der Waals surface area contributed by atoms with E-state index in [0.29, 0.717) is 67.5 Å². The number of rotatable bonds is 7. The van der Waals surface area contributed by atoms with Crippen LogP contribution in [-0.4, -0.2) is 81.7 Å². The number of aromatic amines is 1. The number of benzene rings is 2. The summed E-state index contributed by atoms with van der Waals surface area (Å²) in [5.41, 5.74) is 2.29. The number of alkyl halides is 3. The number of hydrogen-bond acceptors (Lipinski definition) is 7. The van der Waals surface area contributed by atoms with Crippen LogP contribution in [0.2, 0.25) is 0 Å². The molecular weight excluding hydrogens is 599 g/mol. The molecule has 0 radical (unpaired) electrons. The van der Waals surface area contributed by atoms with Crippen molar-refractivity contribution in [2.75, 3.05) is 51.2 Å². The van der Waals surface area contributed by atoms with Crippen molar-refractivity contribution in [2.24, 2.45) is 0 Å². The summed E-state index contributed by atoms with van der Waals surface area (Å²) in [5, 5.41) is 21.7. The fourth-order valence-corrected chi connectivity index (χ4v) is 6.21.